The zero-order valence-corrected chi connectivity index (χ0v) is 12.6. The molecule has 1 aromatic heterocycles. The molecule has 0 unspecified atom stereocenters. The quantitative estimate of drug-likeness (QED) is 0.810. The van der Waals surface area contributed by atoms with E-state index in [4.69, 9.17) is 0 Å². The molecule has 0 bridgehead atoms. The van der Waals surface area contributed by atoms with E-state index in [9.17, 15) is 14.7 Å². The number of aryl methyl sites for hydroxylation is 2. The summed E-state index contributed by atoms with van der Waals surface area (Å²) in [5.74, 6) is -1.06. The van der Waals surface area contributed by atoms with Crippen LogP contribution < -0.4 is 10.6 Å². The Labute approximate surface area is 126 Å². The number of carbonyl (C=O) groups is 2. The van der Waals surface area contributed by atoms with E-state index in [1.54, 1.807) is 36.5 Å². The summed E-state index contributed by atoms with van der Waals surface area (Å²) in [7, 11) is 0. The SMILES string of the molecule is Cc1ccc(CNC(=O)Nc2cccc(C)c2C(=O)O)s1. The average Bonchev–Trinajstić information content (AvgIpc) is 2.82. The molecule has 21 heavy (non-hydrogen) atoms. The van der Waals surface area contributed by atoms with Gasteiger partial charge in [0.05, 0.1) is 17.8 Å². The largest absolute Gasteiger partial charge is 0.478 e. The molecule has 110 valence electrons. The summed E-state index contributed by atoms with van der Waals surface area (Å²) in [5.41, 5.74) is 1.01. The maximum atomic E-state index is 11.9. The maximum Gasteiger partial charge on any atom is 0.338 e. The lowest BCUT2D eigenvalue weighted by Crippen LogP contribution is -2.28. The molecular weight excluding hydrogens is 288 g/mol. The van der Waals surface area contributed by atoms with Gasteiger partial charge in [-0.15, -0.1) is 11.3 Å². The van der Waals surface area contributed by atoms with Gasteiger partial charge in [-0.3, -0.25) is 0 Å². The highest BCUT2D eigenvalue weighted by Gasteiger charge is 2.14. The summed E-state index contributed by atoms with van der Waals surface area (Å²) < 4.78 is 0. The van der Waals surface area contributed by atoms with Crippen LogP contribution in [0.1, 0.15) is 25.7 Å². The zero-order valence-electron chi connectivity index (χ0n) is 11.8. The van der Waals surface area contributed by atoms with Crippen LogP contribution in [-0.2, 0) is 6.54 Å². The molecule has 0 saturated heterocycles. The van der Waals surface area contributed by atoms with E-state index in [0.29, 0.717) is 17.8 Å². The van der Waals surface area contributed by atoms with Crippen LogP contribution in [0.25, 0.3) is 0 Å². The first kappa shape index (κ1) is 15.1. The standard InChI is InChI=1S/C15H16N2O3S/c1-9-4-3-5-12(13(9)14(18)19)17-15(20)16-8-11-7-6-10(2)21-11/h3-7H,8H2,1-2H3,(H,18,19)(H2,16,17,20). The Morgan fingerprint density at radius 3 is 2.57 bits per heavy atom. The number of thiophene rings is 1. The van der Waals surface area contributed by atoms with Crippen molar-refractivity contribution < 1.29 is 14.7 Å². The Balaban J connectivity index is 2.03. The summed E-state index contributed by atoms with van der Waals surface area (Å²) in [6.45, 7) is 4.11. The summed E-state index contributed by atoms with van der Waals surface area (Å²) in [6.07, 6.45) is 0. The molecular formula is C15H16N2O3S. The Kier molecular flexibility index (Phi) is 4.59. The summed E-state index contributed by atoms with van der Waals surface area (Å²) in [6, 6.07) is 8.50. The highest BCUT2D eigenvalue weighted by atomic mass is 32.1. The van der Waals surface area contributed by atoms with Gasteiger partial charge in [0, 0.05) is 9.75 Å². The van der Waals surface area contributed by atoms with Gasteiger partial charge in [-0.25, -0.2) is 9.59 Å². The Morgan fingerprint density at radius 2 is 1.95 bits per heavy atom. The second-order valence-corrected chi connectivity index (χ2v) is 6.00. The minimum atomic E-state index is -1.06. The van der Waals surface area contributed by atoms with Gasteiger partial charge >= 0.3 is 12.0 Å². The maximum absolute atomic E-state index is 11.9. The van der Waals surface area contributed by atoms with Crippen molar-refractivity contribution in [1.29, 1.82) is 0 Å². The minimum absolute atomic E-state index is 0.111. The molecule has 0 spiro atoms. The molecule has 2 aromatic rings. The van der Waals surface area contributed by atoms with Gasteiger partial charge in [-0.05, 0) is 37.6 Å². The molecule has 2 amide bonds. The van der Waals surface area contributed by atoms with Crippen molar-refractivity contribution in [3.63, 3.8) is 0 Å². The van der Waals surface area contributed by atoms with Crippen molar-refractivity contribution in [3.8, 4) is 0 Å². The Hall–Kier alpha value is -2.34. The highest BCUT2D eigenvalue weighted by Crippen LogP contribution is 2.19. The van der Waals surface area contributed by atoms with Crippen LogP contribution >= 0.6 is 11.3 Å². The number of urea groups is 1. The van der Waals surface area contributed by atoms with Crippen LogP contribution in [0.2, 0.25) is 0 Å². The smallest absolute Gasteiger partial charge is 0.338 e. The number of nitrogens with one attached hydrogen (secondary N) is 2. The second-order valence-electron chi connectivity index (χ2n) is 4.62. The predicted molar refractivity (Wildman–Crippen MR) is 83.1 cm³/mol. The Bertz CT molecular complexity index is 679. The molecule has 0 aliphatic rings. The lowest BCUT2D eigenvalue weighted by molar-refractivity contribution is 0.0697. The molecule has 0 aliphatic heterocycles. The molecule has 0 radical (unpaired) electrons. The summed E-state index contributed by atoms with van der Waals surface area (Å²) >= 11 is 1.61. The first-order chi connectivity index (χ1) is 9.97. The van der Waals surface area contributed by atoms with Crippen LogP contribution in [0.5, 0.6) is 0 Å². The highest BCUT2D eigenvalue weighted by molar-refractivity contribution is 7.11. The minimum Gasteiger partial charge on any atom is -0.478 e. The monoisotopic (exact) mass is 304 g/mol. The van der Waals surface area contributed by atoms with Crippen LogP contribution in [0.4, 0.5) is 10.5 Å². The lowest BCUT2D eigenvalue weighted by atomic mass is 10.1. The van der Waals surface area contributed by atoms with E-state index < -0.39 is 12.0 Å². The summed E-state index contributed by atoms with van der Waals surface area (Å²) in [5, 5.41) is 14.5. The third-order valence-electron chi connectivity index (χ3n) is 2.95. The van der Waals surface area contributed by atoms with E-state index >= 15 is 0 Å². The number of carbonyl (C=O) groups excluding carboxylic acids is 1. The first-order valence-electron chi connectivity index (χ1n) is 6.40. The number of aromatic carboxylic acids is 1. The number of hydrogen-bond acceptors (Lipinski definition) is 3. The fourth-order valence-electron chi connectivity index (χ4n) is 1.97. The predicted octanol–water partition coefficient (Wildman–Crippen LogP) is 3.38. The number of anilines is 1. The first-order valence-corrected chi connectivity index (χ1v) is 7.22. The fraction of sp³-hybridized carbons (Fsp3) is 0.200. The number of carboxylic acid groups (broad SMARTS) is 1. The molecule has 1 heterocycles. The van der Waals surface area contributed by atoms with Gasteiger partial charge in [0.1, 0.15) is 0 Å². The van der Waals surface area contributed by atoms with Gasteiger partial charge in [-0.2, -0.15) is 0 Å². The van der Waals surface area contributed by atoms with E-state index in [0.717, 1.165) is 4.88 Å². The van der Waals surface area contributed by atoms with Gasteiger partial charge in [0.25, 0.3) is 0 Å². The van der Waals surface area contributed by atoms with Gasteiger partial charge in [0.2, 0.25) is 0 Å². The van der Waals surface area contributed by atoms with Crippen LogP contribution in [-0.4, -0.2) is 17.1 Å². The van der Waals surface area contributed by atoms with Crippen LogP contribution in [0.15, 0.2) is 30.3 Å². The van der Waals surface area contributed by atoms with Crippen LogP contribution in [0, 0.1) is 13.8 Å². The van der Waals surface area contributed by atoms with E-state index in [-0.39, 0.29) is 5.56 Å². The van der Waals surface area contributed by atoms with Gasteiger partial charge in [0.15, 0.2) is 0 Å². The summed E-state index contributed by atoms with van der Waals surface area (Å²) in [4.78, 5) is 25.3. The van der Waals surface area contributed by atoms with Crippen molar-refractivity contribution in [2.75, 3.05) is 5.32 Å². The average molecular weight is 304 g/mol. The lowest BCUT2D eigenvalue weighted by Gasteiger charge is -2.11. The van der Waals surface area contributed by atoms with E-state index in [1.807, 2.05) is 19.1 Å². The van der Waals surface area contributed by atoms with Crippen molar-refractivity contribution in [1.82, 2.24) is 5.32 Å². The number of benzene rings is 1. The molecule has 5 nitrogen and oxygen atoms in total. The third kappa shape index (κ3) is 3.82. The number of hydrogen-bond donors (Lipinski definition) is 3. The van der Waals surface area contributed by atoms with Crippen molar-refractivity contribution in [2.24, 2.45) is 0 Å². The number of carboxylic acids is 1. The molecule has 0 aliphatic carbocycles. The molecule has 2 rings (SSSR count). The van der Waals surface area contributed by atoms with Crippen molar-refractivity contribution >= 4 is 29.0 Å². The normalized spacial score (nSPS) is 10.2. The third-order valence-corrected chi connectivity index (χ3v) is 3.95. The second kappa shape index (κ2) is 6.41. The van der Waals surface area contributed by atoms with Gasteiger partial charge < -0.3 is 15.7 Å². The molecule has 0 fully saturated rings. The Morgan fingerprint density at radius 1 is 1.19 bits per heavy atom. The van der Waals surface area contributed by atoms with E-state index in [1.165, 1.54) is 4.88 Å². The fourth-order valence-corrected chi connectivity index (χ4v) is 2.80. The molecule has 0 atom stereocenters. The number of rotatable bonds is 4. The van der Waals surface area contributed by atoms with E-state index in [2.05, 4.69) is 10.6 Å². The molecule has 1 aromatic carbocycles. The molecule has 6 heteroatoms. The van der Waals surface area contributed by atoms with Crippen molar-refractivity contribution in [3.05, 3.63) is 51.2 Å². The zero-order chi connectivity index (χ0) is 15.4. The number of amides is 2. The molecule has 3 N–H and O–H groups in total. The topological polar surface area (TPSA) is 78.4 Å². The van der Waals surface area contributed by atoms with Crippen LogP contribution in [0.3, 0.4) is 0 Å². The van der Waals surface area contributed by atoms with Crippen molar-refractivity contribution in [2.45, 2.75) is 20.4 Å². The molecule has 0 saturated carbocycles. The van der Waals surface area contributed by atoms with Gasteiger partial charge in [-0.1, -0.05) is 12.1 Å².